The Bertz CT molecular complexity index is 306. The van der Waals surface area contributed by atoms with Gasteiger partial charge in [-0.3, -0.25) is 10.2 Å². The van der Waals surface area contributed by atoms with E-state index in [-0.39, 0.29) is 0 Å². The molecule has 0 aromatic heterocycles. The van der Waals surface area contributed by atoms with Crippen molar-refractivity contribution in [3.05, 3.63) is 0 Å². The molecule has 2 N–H and O–H groups in total. The van der Waals surface area contributed by atoms with Crippen LogP contribution >= 0.6 is 0 Å². The first kappa shape index (κ1) is 11.2. The van der Waals surface area contributed by atoms with Crippen LogP contribution in [0.1, 0.15) is 32.6 Å². The van der Waals surface area contributed by atoms with E-state index in [1.807, 2.05) is 6.19 Å². The summed E-state index contributed by atoms with van der Waals surface area (Å²) in [7, 11) is 0. The van der Waals surface area contributed by atoms with Crippen molar-refractivity contribution in [2.75, 3.05) is 13.3 Å². The number of nitrogens with zero attached hydrogens (tertiary/aromatic N) is 3. The van der Waals surface area contributed by atoms with Crippen LogP contribution in [-0.4, -0.2) is 30.2 Å². The lowest BCUT2D eigenvalue weighted by molar-refractivity contribution is 0.106. The second kappa shape index (κ2) is 5.17. The number of hydrogen-bond acceptors (Lipinski definition) is 5. The molecule has 5 nitrogen and oxygen atoms in total. The third kappa shape index (κ3) is 2.45. The molecule has 0 spiro atoms. The minimum atomic E-state index is 0.599. The molecular weight excluding hydrogens is 202 g/mol. The molecular formula is C11H19N5. The zero-order valence-electron chi connectivity index (χ0n) is 9.74. The number of nitrogens with one attached hydrogen (secondary N) is 2. The van der Waals surface area contributed by atoms with E-state index < -0.39 is 0 Å². The summed E-state index contributed by atoms with van der Waals surface area (Å²) in [5.74, 6) is 1.36. The van der Waals surface area contributed by atoms with Gasteiger partial charge in [0.2, 0.25) is 5.96 Å². The van der Waals surface area contributed by atoms with Crippen LogP contribution in [0.5, 0.6) is 0 Å². The SMILES string of the molecule is C[C@H]1CCCC[C@H]1N1CN=C(NC#N)NC1. The highest BCUT2D eigenvalue weighted by Crippen LogP contribution is 2.28. The van der Waals surface area contributed by atoms with Gasteiger partial charge in [-0.05, 0) is 18.8 Å². The maximum atomic E-state index is 8.48. The Kier molecular flexibility index (Phi) is 3.62. The highest BCUT2D eigenvalue weighted by Gasteiger charge is 2.28. The fourth-order valence-corrected chi connectivity index (χ4v) is 2.64. The molecule has 0 unspecified atom stereocenters. The summed E-state index contributed by atoms with van der Waals surface area (Å²) in [5.41, 5.74) is 0. The normalized spacial score (nSPS) is 31.1. The lowest BCUT2D eigenvalue weighted by Gasteiger charge is -2.39. The third-order valence-corrected chi connectivity index (χ3v) is 3.57. The van der Waals surface area contributed by atoms with Gasteiger partial charge in [-0.1, -0.05) is 19.8 Å². The molecule has 2 atom stereocenters. The molecule has 0 aromatic carbocycles. The Balaban J connectivity index is 1.90. The van der Waals surface area contributed by atoms with Crippen LogP contribution in [0, 0.1) is 17.4 Å². The number of hydrogen-bond donors (Lipinski definition) is 2. The Labute approximate surface area is 96.5 Å². The molecule has 16 heavy (non-hydrogen) atoms. The van der Waals surface area contributed by atoms with Crippen molar-refractivity contribution >= 4 is 5.96 Å². The maximum absolute atomic E-state index is 8.48. The lowest BCUT2D eigenvalue weighted by atomic mass is 9.85. The molecule has 1 fully saturated rings. The molecule has 2 rings (SSSR count). The van der Waals surface area contributed by atoms with Gasteiger partial charge in [0.1, 0.15) is 0 Å². The molecule has 1 aliphatic carbocycles. The summed E-state index contributed by atoms with van der Waals surface area (Å²) < 4.78 is 0. The topological polar surface area (TPSA) is 63.5 Å². The van der Waals surface area contributed by atoms with Crippen molar-refractivity contribution in [3.63, 3.8) is 0 Å². The highest BCUT2D eigenvalue weighted by atomic mass is 15.4. The zero-order valence-corrected chi connectivity index (χ0v) is 9.74. The van der Waals surface area contributed by atoms with Crippen molar-refractivity contribution in [1.82, 2.24) is 15.5 Å². The van der Waals surface area contributed by atoms with Crippen molar-refractivity contribution in [2.24, 2.45) is 10.9 Å². The Morgan fingerprint density at radius 3 is 2.94 bits per heavy atom. The largest absolute Gasteiger partial charge is 0.343 e. The zero-order chi connectivity index (χ0) is 11.4. The van der Waals surface area contributed by atoms with Crippen LogP contribution in [0.4, 0.5) is 0 Å². The van der Waals surface area contributed by atoms with E-state index in [2.05, 4.69) is 27.4 Å². The van der Waals surface area contributed by atoms with Gasteiger partial charge in [-0.2, -0.15) is 5.26 Å². The van der Waals surface area contributed by atoms with E-state index in [0.29, 0.717) is 18.7 Å². The predicted octanol–water partition coefficient (Wildman–Crippen LogP) is 0.812. The van der Waals surface area contributed by atoms with E-state index in [9.17, 15) is 0 Å². The van der Waals surface area contributed by atoms with Gasteiger partial charge in [0, 0.05) is 6.04 Å². The van der Waals surface area contributed by atoms with Gasteiger partial charge in [-0.25, -0.2) is 4.99 Å². The molecule has 2 aliphatic rings. The first-order chi connectivity index (χ1) is 7.81. The Morgan fingerprint density at radius 2 is 2.31 bits per heavy atom. The second-order valence-electron chi connectivity index (χ2n) is 4.64. The van der Waals surface area contributed by atoms with Gasteiger partial charge >= 0.3 is 0 Å². The molecule has 0 aromatic rings. The minimum absolute atomic E-state index is 0.599. The van der Waals surface area contributed by atoms with Gasteiger partial charge in [-0.15, -0.1) is 0 Å². The summed E-state index contributed by atoms with van der Waals surface area (Å²) in [5, 5.41) is 14.1. The van der Waals surface area contributed by atoms with Gasteiger partial charge < -0.3 is 5.32 Å². The van der Waals surface area contributed by atoms with E-state index >= 15 is 0 Å². The van der Waals surface area contributed by atoms with Crippen LogP contribution in [-0.2, 0) is 0 Å². The third-order valence-electron chi connectivity index (χ3n) is 3.57. The average Bonchev–Trinajstić information content (AvgIpc) is 2.31. The van der Waals surface area contributed by atoms with Crippen LogP contribution in [0.3, 0.4) is 0 Å². The average molecular weight is 221 g/mol. The van der Waals surface area contributed by atoms with E-state index in [4.69, 9.17) is 5.26 Å². The monoisotopic (exact) mass is 221 g/mol. The first-order valence-corrected chi connectivity index (χ1v) is 5.98. The summed E-state index contributed by atoms with van der Waals surface area (Å²) in [6.45, 7) is 3.82. The van der Waals surface area contributed by atoms with E-state index in [1.54, 1.807) is 0 Å². The fourth-order valence-electron chi connectivity index (χ4n) is 2.64. The molecule has 88 valence electrons. The van der Waals surface area contributed by atoms with E-state index in [1.165, 1.54) is 25.7 Å². The van der Waals surface area contributed by atoms with Crippen molar-refractivity contribution in [2.45, 2.75) is 38.6 Å². The summed E-state index contributed by atoms with van der Waals surface area (Å²) in [6, 6.07) is 0.647. The summed E-state index contributed by atoms with van der Waals surface area (Å²) >= 11 is 0. The Morgan fingerprint density at radius 1 is 1.50 bits per heavy atom. The quantitative estimate of drug-likeness (QED) is 0.508. The van der Waals surface area contributed by atoms with Crippen LogP contribution in [0.25, 0.3) is 0 Å². The van der Waals surface area contributed by atoms with Gasteiger partial charge in [0.05, 0.1) is 13.3 Å². The maximum Gasteiger partial charge on any atom is 0.207 e. The van der Waals surface area contributed by atoms with Gasteiger partial charge in [0.15, 0.2) is 6.19 Å². The van der Waals surface area contributed by atoms with E-state index in [0.717, 1.165) is 12.6 Å². The molecule has 0 saturated heterocycles. The minimum Gasteiger partial charge on any atom is -0.343 e. The molecule has 5 heteroatoms. The predicted molar refractivity (Wildman–Crippen MR) is 62.3 cm³/mol. The second-order valence-corrected chi connectivity index (χ2v) is 4.64. The Hall–Kier alpha value is -1.28. The van der Waals surface area contributed by atoms with Crippen molar-refractivity contribution < 1.29 is 0 Å². The highest BCUT2D eigenvalue weighted by molar-refractivity contribution is 5.81. The standard InChI is InChI=1S/C11H19N5/c1-9-4-2-3-5-10(9)16-7-14-11(13-6-12)15-8-16/h9-10H,2-5,7-8H2,1H3,(H2,13,14,15)/t9-,10+/m0/s1. The summed E-state index contributed by atoms with van der Waals surface area (Å²) in [6.07, 6.45) is 7.18. The van der Waals surface area contributed by atoms with Crippen LogP contribution < -0.4 is 10.6 Å². The van der Waals surface area contributed by atoms with Crippen LogP contribution in [0.15, 0.2) is 4.99 Å². The lowest BCUT2D eigenvalue weighted by Crippen LogP contribution is -2.53. The molecule has 1 heterocycles. The number of rotatable bonds is 1. The molecule has 0 bridgehead atoms. The molecule has 0 amide bonds. The first-order valence-electron chi connectivity index (χ1n) is 5.98. The van der Waals surface area contributed by atoms with Crippen molar-refractivity contribution in [1.29, 1.82) is 5.26 Å². The number of guanidine groups is 1. The van der Waals surface area contributed by atoms with Crippen molar-refractivity contribution in [3.8, 4) is 6.19 Å². The van der Waals surface area contributed by atoms with Crippen LogP contribution in [0.2, 0.25) is 0 Å². The smallest absolute Gasteiger partial charge is 0.207 e. The van der Waals surface area contributed by atoms with Gasteiger partial charge in [0.25, 0.3) is 0 Å². The number of aliphatic imine (C=N–C) groups is 1. The molecule has 0 radical (unpaired) electrons. The molecule has 1 aliphatic heterocycles. The molecule has 1 saturated carbocycles. The number of nitriles is 1. The fraction of sp³-hybridized carbons (Fsp3) is 0.818. The summed E-state index contributed by atoms with van der Waals surface area (Å²) in [4.78, 5) is 6.68.